The van der Waals surface area contributed by atoms with E-state index in [4.69, 9.17) is 10.5 Å². The summed E-state index contributed by atoms with van der Waals surface area (Å²) in [5.74, 6) is -0.197. The number of hydrogen-bond acceptors (Lipinski definition) is 3. The van der Waals surface area contributed by atoms with E-state index in [1.165, 1.54) is 20.0 Å². The monoisotopic (exact) mass is 197 g/mol. The van der Waals surface area contributed by atoms with Crippen LogP contribution in [0, 0.1) is 5.41 Å². The molecule has 0 aliphatic heterocycles. The van der Waals surface area contributed by atoms with Crippen LogP contribution in [0.1, 0.15) is 44.9 Å². The first-order valence-electron chi connectivity index (χ1n) is 5.52. The molecule has 1 spiro atoms. The van der Waals surface area contributed by atoms with Crippen LogP contribution in [-0.2, 0) is 9.53 Å². The van der Waals surface area contributed by atoms with Gasteiger partial charge in [-0.3, -0.25) is 4.79 Å². The summed E-state index contributed by atoms with van der Waals surface area (Å²) in [5.41, 5.74) is 5.68. The molecule has 3 nitrogen and oxygen atoms in total. The molecule has 1 atom stereocenters. The van der Waals surface area contributed by atoms with Crippen molar-refractivity contribution >= 4 is 5.97 Å². The fourth-order valence-electron chi connectivity index (χ4n) is 3.16. The van der Waals surface area contributed by atoms with E-state index in [-0.39, 0.29) is 11.4 Å². The Hall–Kier alpha value is -0.570. The molecule has 1 unspecified atom stereocenters. The minimum Gasteiger partial charge on any atom is -0.468 e. The number of carbonyl (C=O) groups is 1. The molecule has 2 fully saturated rings. The van der Waals surface area contributed by atoms with E-state index in [2.05, 4.69) is 0 Å². The zero-order chi connectivity index (χ0) is 10.2. The van der Waals surface area contributed by atoms with Gasteiger partial charge in [-0.2, -0.15) is 0 Å². The molecule has 2 N–H and O–H groups in total. The fourth-order valence-corrected chi connectivity index (χ4v) is 3.16. The Kier molecular flexibility index (Phi) is 2.30. The Labute approximate surface area is 85.0 Å². The van der Waals surface area contributed by atoms with E-state index in [1.54, 1.807) is 0 Å². The molecule has 3 heteroatoms. The number of ether oxygens (including phenoxy) is 1. The number of nitrogens with two attached hydrogens (primary N) is 1. The van der Waals surface area contributed by atoms with E-state index >= 15 is 0 Å². The van der Waals surface area contributed by atoms with Crippen molar-refractivity contribution in [3.05, 3.63) is 0 Å². The van der Waals surface area contributed by atoms with Gasteiger partial charge < -0.3 is 10.5 Å². The molecule has 80 valence electrons. The highest BCUT2D eigenvalue weighted by atomic mass is 16.5. The molecule has 2 rings (SSSR count). The molecule has 0 amide bonds. The van der Waals surface area contributed by atoms with Crippen molar-refractivity contribution in [3.63, 3.8) is 0 Å². The standard InChI is InChI=1S/C11H19NO2/c1-14-9(13)11(12)8-3-2-5-10(11)6-4-7-10/h2-8,12H2,1H3. The lowest BCUT2D eigenvalue weighted by Crippen LogP contribution is -2.65. The van der Waals surface area contributed by atoms with Crippen molar-refractivity contribution in [1.82, 2.24) is 0 Å². The molecule has 0 aromatic heterocycles. The minimum atomic E-state index is -0.682. The third-order valence-electron chi connectivity index (χ3n) is 4.28. The van der Waals surface area contributed by atoms with E-state index in [1.807, 2.05) is 0 Å². The van der Waals surface area contributed by atoms with Crippen LogP contribution in [-0.4, -0.2) is 18.6 Å². The number of carbonyl (C=O) groups excluding carboxylic acids is 1. The van der Waals surface area contributed by atoms with Gasteiger partial charge in [0.1, 0.15) is 5.54 Å². The lowest BCUT2D eigenvalue weighted by molar-refractivity contribution is -0.160. The topological polar surface area (TPSA) is 52.3 Å². The summed E-state index contributed by atoms with van der Waals surface area (Å²) in [4.78, 5) is 11.7. The molecule has 0 saturated heterocycles. The van der Waals surface area contributed by atoms with Gasteiger partial charge in [-0.05, 0) is 31.1 Å². The van der Waals surface area contributed by atoms with E-state index in [9.17, 15) is 4.79 Å². The maximum atomic E-state index is 11.7. The van der Waals surface area contributed by atoms with Gasteiger partial charge in [0.05, 0.1) is 7.11 Å². The summed E-state index contributed by atoms with van der Waals surface area (Å²) in [7, 11) is 1.44. The predicted molar refractivity (Wildman–Crippen MR) is 53.7 cm³/mol. The number of rotatable bonds is 1. The first kappa shape index (κ1) is 9.97. The fraction of sp³-hybridized carbons (Fsp3) is 0.909. The zero-order valence-corrected chi connectivity index (χ0v) is 8.84. The van der Waals surface area contributed by atoms with Gasteiger partial charge in [0.2, 0.25) is 0 Å². The van der Waals surface area contributed by atoms with Gasteiger partial charge in [-0.1, -0.05) is 19.3 Å². The Morgan fingerprint density at radius 3 is 2.21 bits per heavy atom. The SMILES string of the molecule is COC(=O)C1(N)CCCCC12CCC2. The largest absolute Gasteiger partial charge is 0.468 e. The molecule has 14 heavy (non-hydrogen) atoms. The summed E-state index contributed by atoms with van der Waals surface area (Å²) < 4.78 is 4.86. The summed E-state index contributed by atoms with van der Waals surface area (Å²) in [5, 5.41) is 0. The van der Waals surface area contributed by atoms with Crippen LogP contribution in [0.15, 0.2) is 0 Å². The maximum absolute atomic E-state index is 11.7. The van der Waals surface area contributed by atoms with Crippen LogP contribution in [0.3, 0.4) is 0 Å². The zero-order valence-electron chi connectivity index (χ0n) is 8.84. The second-order valence-electron chi connectivity index (χ2n) is 4.80. The summed E-state index contributed by atoms with van der Waals surface area (Å²) in [6.07, 6.45) is 7.63. The molecule has 2 aliphatic rings. The van der Waals surface area contributed by atoms with Crippen molar-refractivity contribution in [2.24, 2.45) is 11.1 Å². The molecule has 0 radical (unpaired) electrons. The van der Waals surface area contributed by atoms with Gasteiger partial charge >= 0.3 is 5.97 Å². The normalized spacial score (nSPS) is 35.0. The average Bonchev–Trinajstić information content (AvgIpc) is 2.14. The minimum absolute atomic E-state index is 0.0817. The van der Waals surface area contributed by atoms with Crippen LogP contribution in [0.5, 0.6) is 0 Å². The van der Waals surface area contributed by atoms with E-state index in [0.29, 0.717) is 0 Å². The van der Waals surface area contributed by atoms with Crippen LogP contribution in [0.2, 0.25) is 0 Å². The van der Waals surface area contributed by atoms with Crippen LogP contribution >= 0.6 is 0 Å². The quantitative estimate of drug-likeness (QED) is 0.650. The third-order valence-corrected chi connectivity index (χ3v) is 4.28. The number of methoxy groups -OCH3 is 1. The first-order chi connectivity index (χ1) is 6.65. The third kappa shape index (κ3) is 1.11. The van der Waals surface area contributed by atoms with Crippen LogP contribution in [0.4, 0.5) is 0 Å². The highest BCUT2D eigenvalue weighted by Gasteiger charge is 2.58. The van der Waals surface area contributed by atoms with Gasteiger partial charge in [-0.15, -0.1) is 0 Å². The first-order valence-corrected chi connectivity index (χ1v) is 5.52. The Balaban J connectivity index is 2.24. The molecule has 2 saturated carbocycles. The average molecular weight is 197 g/mol. The second-order valence-corrected chi connectivity index (χ2v) is 4.80. The van der Waals surface area contributed by atoms with Gasteiger partial charge in [-0.25, -0.2) is 0 Å². The lowest BCUT2D eigenvalue weighted by atomic mass is 9.51. The maximum Gasteiger partial charge on any atom is 0.326 e. The van der Waals surface area contributed by atoms with Crippen molar-refractivity contribution in [2.75, 3.05) is 7.11 Å². The van der Waals surface area contributed by atoms with E-state index < -0.39 is 5.54 Å². The van der Waals surface area contributed by atoms with Gasteiger partial charge in [0, 0.05) is 0 Å². The molecule has 0 aromatic carbocycles. The summed E-state index contributed by atoms with van der Waals surface area (Å²) in [6, 6.07) is 0. The number of esters is 1. The lowest BCUT2D eigenvalue weighted by Gasteiger charge is -2.55. The van der Waals surface area contributed by atoms with Crippen molar-refractivity contribution in [1.29, 1.82) is 0 Å². The predicted octanol–water partition coefficient (Wildman–Crippen LogP) is 1.60. The van der Waals surface area contributed by atoms with Crippen LogP contribution < -0.4 is 5.73 Å². The summed E-state index contributed by atoms with van der Waals surface area (Å²) >= 11 is 0. The summed E-state index contributed by atoms with van der Waals surface area (Å²) in [6.45, 7) is 0. The smallest absolute Gasteiger partial charge is 0.326 e. The van der Waals surface area contributed by atoms with Crippen LogP contribution in [0.25, 0.3) is 0 Å². The van der Waals surface area contributed by atoms with E-state index in [0.717, 1.165) is 32.1 Å². The number of hydrogen-bond donors (Lipinski definition) is 1. The highest BCUT2D eigenvalue weighted by molar-refractivity contribution is 5.82. The van der Waals surface area contributed by atoms with Crippen molar-refractivity contribution in [3.8, 4) is 0 Å². The molecule has 0 aromatic rings. The molecule has 2 aliphatic carbocycles. The highest BCUT2D eigenvalue weighted by Crippen LogP contribution is 2.56. The van der Waals surface area contributed by atoms with Crippen molar-refractivity contribution < 1.29 is 9.53 Å². The molecule has 0 bridgehead atoms. The van der Waals surface area contributed by atoms with Crippen molar-refractivity contribution in [2.45, 2.75) is 50.5 Å². The second kappa shape index (κ2) is 3.23. The molecular weight excluding hydrogens is 178 g/mol. The van der Waals surface area contributed by atoms with Gasteiger partial charge in [0.15, 0.2) is 0 Å². The Bertz CT molecular complexity index is 248. The Morgan fingerprint density at radius 2 is 1.71 bits per heavy atom. The molecule has 0 heterocycles. The Morgan fingerprint density at radius 1 is 1.14 bits per heavy atom. The molecular formula is C11H19NO2. The van der Waals surface area contributed by atoms with Gasteiger partial charge in [0.25, 0.3) is 0 Å².